The van der Waals surface area contributed by atoms with Gasteiger partial charge in [-0.25, -0.2) is 8.78 Å². The van der Waals surface area contributed by atoms with Crippen molar-refractivity contribution >= 4 is 0 Å². The molecule has 2 aromatic carbocycles. The molecule has 0 fully saturated rings. The fourth-order valence-corrected chi connectivity index (χ4v) is 2.45. The number of hydrogen-bond acceptors (Lipinski definition) is 1. The van der Waals surface area contributed by atoms with Crippen LogP contribution in [0.25, 0.3) is 0 Å². The Bertz CT molecular complexity index is 597. The van der Waals surface area contributed by atoms with E-state index in [-0.39, 0.29) is 11.6 Å². The number of halogens is 2. The van der Waals surface area contributed by atoms with Crippen LogP contribution >= 0.6 is 0 Å². The molecule has 2 N–H and O–H groups in total. The van der Waals surface area contributed by atoms with E-state index in [1.165, 1.54) is 18.2 Å². The molecule has 0 spiro atoms. The fraction of sp³-hybridized carbons (Fsp3) is 0.250. The molecule has 1 atom stereocenters. The maximum Gasteiger partial charge on any atom is 0.128 e. The van der Waals surface area contributed by atoms with Crippen LogP contribution in [0.1, 0.15) is 33.9 Å². The summed E-state index contributed by atoms with van der Waals surface area (Å²) in [6, 6.07) is 7.25. The van der Waals surface area contributed by atoms with Crippen molar-refractivity contribution in [3.63, 3.8) is 0 Å². The Morgan fingerprint density at radius 3 is 2.05 bits per heavy atom. The van der Waals surface area contributed by atoms with Crippen LogP contribution in [0, 0.1) is 32.4 Å². The summed E-state index contributed by atoms with van der Waals surface area (Å²) in [5.41, 5.74) is 9.70. The van der Waals surface area contributed by atoms with E-state index in [1.807, 2.05) is 13.0 Å². The lowest BCUT2D eigenvalue weighted by atomic mass is 9.91. The predicted molar refractivity (Wildman–Crippen MR) is 73.0 cm³/mol. The molecule has 1 unspecified atom stereocenters. The average molecular weight is 261 g/mol. The van der Waals surface area contributed by atoms with E-state index in [1.54, 1.807) is 19.9 Å². The van der Waals surface area contributed by atoms with Gasteiger partial charge in [-0.3, -0.25) is 0 Å². The van der Waals surface area contributed by atoms with Gasteiger partial charge in [0, 0.05) is 5.56 Å². The third kappa shape index (κ3) is 2.66. The summed E-state index contributed by atoms with van der Waals surface area (Å²) in [6.07, 6.45) is 0. The van der Waals surface area contributed by atoms with Crippen LogP contribution in [-0.2, 0) is 0 Å². The Morgan fingerprint density at radius 1 is 0.947 bits per heavy atom. The summed E-state index contributed by atoms with van der Waals surface area (Å²) in [4.78, 5) is 0. The summed E-state index contributed by atoms with van der Waals surface area (Å²) < 4.78 is 27.3. The summed E-state index contributed by atoms with van der Waals surface area (Å²) >= 11 is 0. The van der Waals surface area contributed by atoms with E-state index in [2.05, 4.69) is 0 Å². The molecule has 1 nitrogen and oxygen atoms in total. The van der Waals surface area contributed by atoms with Crippen molar-refractivity contribution in [1.29, 1.82) is 0 Å². The Kier molecular flexibility index (Phi) is 3.67. The number of nitrogens with two attached hydrogens (primary N) is 1. The zero-order valence-electron chi connectivity index (χ0n) is 11.3. The highest BCUT2D eigenvalue weighted by molar-refractivity contribution is 5.42. The van der Waals surface area contributed by atoms with Gasteiger partial charge in [0.25, 0.3) is 0 Å². The first kappa shape index (κ1) is 13.7. The first-order valence-electron chi connectivity index (χ1n) is 6.18. The minimum atomic E-state index is -0.582. The van der Waals surface area contributed by atoms with Gasteiger partial charge < -0.3 is 5.73 Å². The van der Waals surface area contributed by atoms with E-state index in [9.17, 15) is 8.78 Å². The second kappa shape index (κ2) is 5.10. The molecule has 2 rings (SSSR count). The normalized spacial score (nSPS) is 12.5. The molecular formula is C16H17F2N. The molecule has 0 aliphatic carbocycles. The highest BCUT2D eigenvalue weighted by Crippen LogP contribution is 2.28. The number of benzene rings is 2. The second-order valence-electron chi connectivity index (χ2n) is 4.96. The summed E-state index contributed by atoms with van der Waals surface area (Å²) in [6.45, 7) is 5.40. The first-order valence-corrected chi connectivity index (χ1v) is 6.18. The molecule has 19 heavy (non-hydrogen) atoms. The molecule has 0 aliphatic heterocycles. The lowest BCUT2D eigenvalue weighted by molar-refractivity contribution is 0.596. The first-order chi connectivity index (χ1) is 8.90. The Balaban J connectivity index is 2.53. The van der Waals surface area contributed by atoms with E-state index in [0.717, 1.165) is 22.3 Å². The molecule has 0 bridgehead atoms. The van der Waals surface area contributed by atoms with Crippen LogP contribution in [-0.4, -0.2) is 0 Å². The molecule has 0 saturated heterocycles. The van der Waals surface area contributed by atoms with Gasteiger partial charge in [0.05, 0.1) is 6.04 Å². The standard InChI is InChI=1S/C16H17F2N/c1-9-4-5-13(14(18)6-9)16(19)15-10(2)7-12(17)8-11(15)3/h4-8,16H,19H2,1-3H3. The van der Waals surface area contributed by atoms with Gasteiger partial charge in [0.1, 0.15) is 11.6 Å². The Labute approximate surface area is 112 Å². The van der Waals surface area contributed by atoms with Crippen molar-refractivity contribution in [2.75, 3.05) is 0 Å². The summed E-state index contributed by atoms with van der Waals surface area (Å²) in [5.74, 6) is -0.619. The highest BCUT2D eigenvalue weighted by Gasteiger charge is 2.18. The van der Waals surface area contributed by atoms with Crippen LogP contribution in [0.3, 0.4) is 0 Å². The summed E-state index contributed by atoms with van der Waals surface area (Å²) in [7, 11) is 0. The molecule has 3 heteroatoms. The third-order valence-electron chi connectivity index (χ3n) is 3.36. The number of rotatable bonds is 2. The van der Waals surface area contributed by atoms with Crippen molar-refractivity contribution < 1.29 is 8.78 Å². The lowest BCUT2D eigenvalue weighted by Crippen LogP contribution is -2.16. The smallest absolute Gasteiger partial charge is 0.128 e. The minimum Gasteiger partial charge on any atom is -0.320 e. The van der Waals surface area contributed by atoms with Crippen LogP contribution in [0.5, 0.6) is 0 Å². The average Bonchev–Trinajstić information content (AvgIpc) is 2.26. The van der Waals surface area contributed by atoms with Crippen molar-refractivity contribution in [2.24, 2.45) is 5.73 Å². The molecule has 2 aromatic rings. The second-order valence-corrected chi connectivity index (χ2v) is 4.96. The maximum atomic E-state index is 14.0. The summed E-state index contributed by atoms with van der Waals surface area (Å²) in [5, 5.41) is 0. The van der Waals surface area contributed by atoms with Gasteiger partial charge in [-0.2, -0.15) is 0 Å². The van der Waals surface area contributed by atoms with Gasteiger partial charge in [0.15, 0.2) is 0 Å². The molecule has 0 radical (unpaired) electrons. The van der Waals surface area contributed by atoms with E-state index < -0.39 is 6.04 Å². The van der Waals surface area contributed by atoms with Crippen LogP contribution in [0.15, 0.2) is 30.3 Å². The van der Waals surface area contributed by atoms with Gasteiger partial charge in [-0.15, -0.1) is 0 Å². The van der Waals surface area contributed by atoms with Crippen LogP contribution < -0.4 is 5.73 Å². The third-order valence-corrected chi connectivity index (χ3v) is 3.36. The van der Waals surface area contributed by atoms with Gasteiger partial charge in [0.2, 0.25) is 0 Å². The predicted octanol–water partition coefficient (Wildman–Crippen LogP) is 3.94. The van der Waals surface area contributed by atoms with Crippen molar-refractivity contribution in [1.82, 2.24) is 0 Å². The molecule has 0 aliphatic rings. The van der Waals surface area contributed by atoms with Crippen molar-refractivity contribution in [3.8, 4) is 0 Å². The number of aryl methyl sites for hydroxylation is 3. The van der Waals surface area contributed by atoms with E-state index in [4.69, 9.17) is 5.73 Å². The van der Waals surface area contributed by atoms with Gasteiger partial charge in [-0.1, -0.05) is 12.1 Å². The maximum absolute atomic E-state index is 14.0. The molecular weight excluding hydrogens is 244 g/mol. The Morgan fingerprint density at radius 2 is 1.53 bits per heavy atom. The fourth-order valence-electron chi connectivity index (χ4n) is 2.45. The van der Waals surface area contributed by atoms with E-state index >= 15 is 0 Å². The largest absolute Gasteiger partial charge is 0.320 e. The van der Waals surface area contributed by atoms with Crippen molar-refractivity contribution in [3.05, 3.63) is 69.8 Å². The number of hydrogen-bond donors (Lipinski definition) is 1. The van der Waals surface area contributed by atoms with E-state index in [0.29, 0.717) is 5.56 Å². The van der Waals surface area contributed by atoms with Gasteiger partial charge in [-0.05, 0) is 61.2 Å². The lowest BCUT2D eigenvalue weighted by Gasteiger charge is -2.19. The van der Waals surface area contributed by atoms with Crippen molar-refractivity contribution in [2.45, 2.75) is 26.8 Å². The molecule has 100 valence electrons. The zero-order valence-corrected chi connectivity index (χ0v) is 11.3. The molecule has 0 saturated carbocycles. The van der Waals surface area contributed by atoms with Crippen LogP contribution in [0.4, 0.5) is 8.78 Å². The molecule has 0 heterocycles. The van der Waals surface area contributed by atoms with Gasteiger partial charge >= 0.3 is 0 Å². The zero-order chi connectivity index (χ0) is 14.2. The minimum absolute atomic E-state index is 0.296. The molecule has 0 amide bonds. The Hall–Kier alpha value is -1.74. The molecule has 0 aromatic heterocycles. The topological polar surface area (TPSA) is 26.0 Å². The highest BCUT2D eigenvalue weighted by atomic mass is 19.1. The van der Waals surface area contributed by atoms with Crippen LogP contribution in [0.2, 0.25) is 0 Å². The quantitative estimate of drug-likeness (QED) is 0.870. The monoisotopic (exact) mass is 261 g/mol. The SMILES string of the molecule is Cc1ccc(C(N)c2c(C)cc(F)cc2C)c(F)c1.